The van der Waals surface area contributed by atoms with Gasteiger partial charge in [-0.1, -0.05) is 31.1 Å². The molecule has 1 saturated heterocycles. The average molecular weight is 1190 g/mol. The molecular formula is C54H76N14O17. The van der Waals surface area contributed by atoms with Gasteiger partial charge in [0.2, 0.25) is 41.3 Å². The molecule has 0 radical (unpaired) electrons. The van der Waals surface area contributed by atoms with E-state index in [1.807, 2.05) is 26.0 Å². The van der Waals surface area contributed by atoms with Gasteiger partial charge in [0.05, 0.1) is 25.4 Å². The minimum Gasteiger partial charge on any atom is -0.508 e. The zero-order valence-electron chi connectivity index (χ0n) is 47.7. The number of phenols is 2. The first-order chi connectivity index (χ1) is 40.6. The number of hydrogen-bond donors (Lipinski definition) is 11. The summed E-state index contributed by atoms with van der Waals surface area (Å²) in [4.78, 5) is 133. The quantitative estimate of drug-likeness (QED) is 0.0165. The number of hydrogen-bond acceptors (Lipinski definition) is 18. The summed E-state index contributed by atoms with van der Waals surface area (Å²) in [5, 5.41) is 76.3. The summed E-state index contributed by atoms with van der Waals surface area (Å²) in [5.41, 5.74) is 10.6. The fourth-order valence-corrected chi connectivity index (χ4v) is 8.70. The van der Waals surface area contributed by atoms with Crippen molar-refractivity contribution >= 4 is 59.3 Å². The predicted octanol–water partition coefficient (Wildman–Crippen LogP) is 1.05. The molecule has 0 saturated carbocycles. The molecule has 1 aromatic heterocycles. The smallest absolute Gasteiger partial charge is 0.303 e. The molecule has 1 unspecified atom stereocenters. The van der Waals surface area contributed by atoms with E-state index in [-0.39, 0.29) is 92.2 Å². The van der Waals surface area contributed by atoms with Crippen LogP contribution in [0.25, 0.3) is 27.5 Å². The number of aromatic nitrogens is 3. The van der Waals surface area contributed by atoms with Crippen LogP contribution in [0.1, 0.15) is 113 Å². The molecule has 7 amide bonds. The molecule has 11 N–H and O–H groups in total. The molecule has 4 rings (SSSR count). The van der Waals surface area contributed by atoms with Crippen molar-refractivity contribution in [3.8, 4) is 28.6 Å². The van der Waals surface area contributed by atoms with Crippen LogP contribution in [-0.4, -0.2) is 206 Å². The fourth-order valence-electron chi connectivity index (χ4n) is 8.70. The number of amides is 7. The third kappa shape index (κ3) is 23.7. The maximum absolute atomic E-state index is 13.7. The van der Waals surface area contributed by atoms with Crippen LogP contribution in [0.15, 0.2) is 41.5 Å². The number of carboxylic acids is 3. The first-order valence-corrected chi connectivity index (χ1v) is 27.8. The number of unbranched alkanes of at least 4 members (excludes halogenated alkanes) is 1. The van der Waals surface area contributed by atoms with Crippen LogP contribution in [0, 0.1) is 0 Å². The number of ether oxygens (including phenoxy) is 2. The molecule has 2 aromatic carbocycles. The Bertz CT molecular complexity index is 2830. The van der Waals surface area contributed by atoms with Crippen molar-refractivity contribution in [2.75, 3.05) is 78.8 Å². The van der Waals surface area contributed by atoms with Gasteiger partial charge in [-0.2, -0.15) is 0 Å². The molecule has 0 aliphatic carbocycles. The summed E-state index contributed by atoms with van der Waals surface area (Å²) >= 11 is 0. The highest BCUT2D eigenvalue weighted by atomic mass is 16.5. The molecule has 3 atom stereocenters. The Labute approximate surface area is 489 Å². The van der Waals surface area contributed by atoms with Gasteiger partial charge in [0, 0.05) is 108 Å². The monoisotopic (exact) mass is 1190 g/mol. The van der Waals surface area contributed by atoms with E-state index in [9.17, 15) is 73.5 Å². The zero-order chi connectivity index (χ0) is 62.4. The van der Waals surface area contributed by atoms with Crippen LogP contribution in [0.4, 0.5) is 0 Å². The van der Waals surface area contributed by atoms with Crippen LogP contribution >= 0.6 is 0 Å². The molecule has 0 spiro atoms. The number of carbonyl (C=O) groups excluding carboxylic acids is 7. The van der Waals surface area contributed by atoms with Crippen molar-refractivity contribution < 1.29 is 83.0 Å². The van der Waals surface area contributed by atoms with E-state index in [4.69, 9.17) is 15.0 Å². The third-order valence-electron chi connectivity index (χ3n) is 13.2. The summed E-state index contributed by atoms with van der Waals surface area (Å²) in [6.07, 6.45) is -2.17. The summed E-state index contributed by atoms with van der Waals surface area (Å²) in [6, 6.07) is 5.38. The van der Waals surface area contributed by atoms with Gasteiger partial charge in [-0.05, 0) is 79.8 Å². The van der Waals surface area contributed by atoms with Gasteiger partial charge >= 0.3 is 17.9 Å². The van der Waals surface area contributed by atoms with E-state index < -0.39 is 111 Å². The van der Waals surface area contributed by atoms with E-state index in [0.29, 0.717) is 69.9 Å². The Morgan fingerprint density at radius 2 is 1.27 bits per heavy atom. The number of carboxylic acid groups (broad SMARTS) is 3. The lowest BCUT2D eigenvalue weighted by atomic mass is 9.98. The van der Waals surface area contributed by atoms with Crippen molar-refractivity contribution in [2.24, 2.45) is 5.11 Å². The highest BCUT2D eigenvalue weighted by Crippen LogP contribution is 2.38. The first kappa shape index (κ1) is 68.6. The lowest BCUT2D eigenvalue weighted by Crippen LogP contribution is -2.57. The van der Waals surface area contributed by atoms with Gasteiger partial charge in [0.1, 0.15) is 36.2 Å². The first-order valence-electron chi connectivity index (χ1n) is 27.8. The van der Waals surface area contributed by atoms with Crippen LogP contribution in [0.5, 0.6) is 11.5 Å². The number of aromatic hydroxyl groups is 2. The number of aliphatic carboxylic acids is 3. The lowest BCUT2D eigenvalue weighted by Gasteiger charge is -2.35. The predicted molar refractivity (Wildman–Crippen MR) is 301 cm³/mol. The number of azide groups is 1. The second-order valence-electron chi connectivity index (χ2n) is 20.0. The van der Waals surface area contributed by atoms with Crippen LogP contribution in [0.2, 0.25) is 0 Å². The lowest BCUT2D eigenvalue weighted by molar-refractivity contribution is -0.140. The molecular weight excluding hydrogens is 1120 g/mol. The second kappa shape index (κ2) is 35.9. The van der Waals surface area contributed by atoms with E-state index in [1.165, 1.54) is 10.6 Å². The van der Waals surface area contributed by atoms with E-state index >= 15 is 0 Å². The van der Waals surface area contributed by atoms with Gasteiger partial charge < -0.3 is 71.8 Å². The van der Waals surface area contributed by atoms with Gasteiger partial charge in [-0.25, -0.2) is 0 Å². The number of benzene rings is 2. The molecule has 31 nitrogen and oxygen atoms in total. The van der Waals surface area contributed by atoms with Crippen molar-refractivity contribution in [3.63, 3.8) is 0 Å². The highest BCUT2D eigenvalue weighted by molar-refractivity contribution is 5.95. The standard InChI is InChI=1S/C54H76N14O17/c1-4-56-54(83)50-64-63-49(37-29-36(33(2)3)41(69)30-42(37)70)68(50)35-10-8-34(9-11-35)31-66-22-24-67(25-23-66)45(73)18-20-58-51(80)38(12-15-46(74)75)61-53(82)40(14-17-48(78)79)62-52(81)39(13-16-47(76)77)60-44(72)32-85-28-27-84-26-21-57-43(71)7-5-6-19-59-65-55/h8-11,29-30,33,38-40,69-70H,4-7,12-28,31-32H2,1-3H3,(H,56,83)(H,57,71)(H,58,80)(H,60,72)(H,61,82)(H,62,81)(H,74,75)(H,76,77)(H,78,79)/t38-,39-,40?/m1/s1. The van der Waals surface area contributed by atoms with Crippen LogP contribution < -0.4 is 31.9 Å². The zero-order valence-corrected chi connectivity index (χ0v) is 47.7. The summed E-state index contributed by atoms with van der Waals surface area (Å²) in [5.74, 6) is -9.19. The molecule has 2 heterocycles. The van der Waals surface area contributed by atoms with Crippen molar-refractivity contribution in [1.82, 2.24) is 56.5 Å². The van der Waals surface area contributed by atoms with E-state index in [2.05, 4.69) is 57.0 Å². The Hall–Kier alpha value is -8.93. The van der Waals surface area contributed by atoms with Gasteiger partial charge in [-0.15, -0.1) is 10.2 Å². The third-order valence-corrected chi connectivity index (χ3v) is 13.2. The Morgan fingerprint density at radius 1 is 0.671 bits per heavy atom. The number of piperazine rings is 1. The average Bonchev–Trinajstić information content (AvgIpc) is 2.85. The van der Waals surface area contributed by atoms with Crippen LogP contribution in [0.3, 0.4) is 0 Å². The topological polar surface area (TPSA) is 448 Å². The van der Waals surface area contributed by atoms with Crippen molar-refractivity contribution in [3.05, 3.63) is 63.8 Å². The number of rotatable bonds is 38. The number of nitrogens with one attached hydrogen (secondary N) is 6. The van der Waals surface area contributed by atoms with Gasteiger partial charge in [-0.3, -0.25) is 57.4 Å². The highest BCUT2D eigenvalue weighted by Gasteiger charge is 2.32. The van der Waals surface area contributed by atoms with Gasteiger partial charge in [0.15, 0.2) is 5.82 Å². The summed E-state index contributed by atoms with van der Waals surface area (Å²) < 4.78 is 12.2. The maximum Gasteiger partial charge on any atom is 0.303 e. The Morgan fingerprint density at radius 3 is 1.86 bits per heavy atom. The van der Waals surface area contributed by atoms with Gasteiger partial charge in [0.25, 0.3) is 5.91 Å². The Balaban J connectivity index is 1.29. The molecule has 85 heavy (non-hydrogen) atoms. The Kier molecular flexibility index (Phi) is 29.0. The van der Waals surface area contributed by atoms with E-state index in [1.54, 1.807) is 30.0 Å². The summed E-state index contributed by atoms with van der Waals surface area (Å²) in [7, 11) is 0. The molecule has 3 aromatic rings. The number of carbonyl (C=O) groups is 10. The SMILES string of the molecule is CCNC(=O)c1nnc(-c2cc(C(C)C)c(O)cc2O)n1-c1ccc(CN2CCN(C(=O)CCNC(=O)[C@@H](CCC(=O)O)NC(=O)C(CCC(=O)O)NC(=O)[C@@H](CCC(=O)O)NC(=O)COCCOCCNC(=O)CCCCN=[N+]=[N-])CC2)cc1. The molecule has 1 aliphatic rings. The molecule has 31 heteroatoms. The minimum atomic E-state index is -1.68. The largest absolute Gasteiger partial charge is 0.508 e. The maximum atomic E-state index is 13.7. The summed E-state index contributed by atoms with van der Waals surface area (Å²) in [6.45, 7) is 7.78. The van der Waals surface area contributed by atoms with Crippen molar-refractivity contribution in [1.29, 1.82) is 0 Å². The van der Waals surface area contributed by atoms with E-state index in [0.717, 1.165) is 5.56 Å². The van der Waals surface area contributed by atoms with Crippen molar-refractivity contribution in [2.45, 2.75) is 116 Å². The fraction of sp³-hybridized carbons (Fsp3) is 0.556. The number of phenolic OH excluding ortho intramolecular Hbond substituents is 2. The second-order valence-corrected chi connectivity index (χ2v) is 20.0. The molecule has 464 valence electrons. The normalized spacial score (nSPS) is 13.3. The molecule has 0 bridgehead atoms. The van der Waals surface area contributed by atoms with Crippen LogP contribution in [-0.2, 0) is 59.2 Å². The minimum absolute atomic E-state index is 0.0146. The molecule has 1 aliphatic heterocycles. The molecule has 1 fully saturated rings. The number of nitrogens with zero attached hydrogens (tertiary/aromatic N) is 8.